The quantitative estimate of drug-likeness (QED) is 0.661. The van der Waals surface area contributed by atoms with E-state index in [2.05, 4.69) is 32.8 Å². The molecule has 0 radical (unpaired) electrons. The largest absolute Gasteiger partial charge is 0.330 e. The molecule has 0 spiro atoms. The molecule has 0 unspecified atom stereocenters. The minimum absolute atomic E-state index is 0.393. The summed E-state index contributed by atoms with van der Waals surface area (Å²) < 4.78 is 0. The summed E-state index contributed by atoms with van der Waals surface area (Å²) in [5, 5.41) is 0. The summed E-state index contributed by atoms with van der Waals surface area (Å²) >= 11 is 0. The van der Waals surface area contributed by atoms with Crippen molar-refractivity contribution < 1.29 is 0 Å². The third-order valence-corrected chi connectivity index (χ3v) is 3.02. The number of hydrogen-bond donors (Lipinski definition) is 1. The van der Waals surface area contributed by atoms with Crippen LogP contribution in [0.25, 0.3) is 0 Å². The van der Waals surface area contributed by atoms with E-state index in [4.69, 9.17) is 5.73 Å². The lowest BCUT2D eigenvalue weighted by atomic mass is 9.79. The van der Waals surface area contributed by atoms with E-state index < -0.39 is 0 Å². The highest BCUT2D eigenvalue weighted by atomic mass is 15.0. The van der Waals surface area contributed by atoms with Crippen LogP contribution in [0.2, 0.25) is 0 Å². The van der Waals surface area contributed by atoms with Crippen LogP contribution in [-0.2, 0) is 0 Å². The van der Waals surface area contributed by atoms with Gasteiger partial charge in [0.1, 0.15) is 0 Å². The molecule has 0 aliphatic heterocycles. The van der Waals surface area contributed by atoms with E-state index >= 15 is 0 Å². The molecule has 0 heterocycles. The summed E-state index contributed by atoms with van der Waals surface area (Å²) in [7, 11) is 4.24. The third kappa shape index (κ3) is 3.55. The van der Waals surface area contributed by atoms with Crippen molar-refractivity contribution in [1.82, 2.24) is 4.90 Å². The number of nitrogens with zero attached hydrogens (tertiary/aromatic N) is 1. The Hall–Kier alpha value is -0.0800. The van der Waals surface area contributed by atoms with Crippen LogP contribution in [0, 0.1) is 5.41 Å². The molecule has 2 heteroatoms. The molecule has 0 amide bonds. The zero-order valence-corrected chi connectivity index (χ0v) is 9.06. The van der Waals surface area contributed by atoms with Gasteiger partial charge in [0.15, 0.2) is 0 Å². The van der Waals surface area contributed by atoms with E-state index in [0.29, 0.717) is 5.41 Å². The average Bonchev–Trinajstić information content (AvgIpc) is 2.08. The first-order valence-electron chi connectivity index (χ1n) is 4.95. The predicted molar refractivity (Wildman–Crippen MR) is 55.2 cm³/mol. The predicted octanol–water partition coefficient (Wildman–Crippen LogP) is 1.70. The van der Waals surface area contributed by atoms with Crippen molar-refractivity contribution in [2.24, 2.45) is 11.1 Å². The molecule has 0 atom stereocenters. The maximum absolute atomic E-state index is 5.80. The van der Waals surface area contributed by atoms with Gasteiger partial charge in [0.25, 0.3) is 0 Å². The van der Waals surface area contributed by atoms with Crippen molar-refractivity contribution in [3.63, 3.8) is 0 Å². The van der Waals surface area contributed by atoms with Crippen molar-refractivity contribution in [2.75, 3.05) is 27.2 Å². The first kappa shape index (κ1) is 11.9. The van der Waals surface area contributed by atoms with Gasteiger partial charge in [-0.1, -0.05) is 13.8 Å². The van der Waals surface area contributed by atoms with Crippen LogP contribution < -0.4 is 5.73 Å². The Balaban J connectivity index is 3.93. The summed E-state index contributed by atoms with van der Waals surface area (Å²) in [5.41, 5.74) is 6.19. The highest BCUT2D eigenvalue weighted by Crippen LogP contribution is 2.28. The normalized spacial score (nSPS) is 12.5. The molecular weight excluding hydrogens is 148 g/mol. The number of hydrogen-bond acceptors (Lipinski definition) is 2. The first-order chi connectivity index (χ1) is 5.60. The van der Waals surface area contributed by atoms with Crippen molar-refractivity contribution in [2.45, 2.75) is 33.1 Å². The molecule has 0 aromatic heterocycles. The summed E-state index contributed by atoms with van der Waals surface area (Å²) in [5.74, 6) is 0. The molecule has 0 aliphatic carbocycles. The van der Waals surface area contributed by atoms with E-state index in [-0.39, 0.29) is 0 Å². The van der Waals surface area contributed by atoms with E-state index in [9.17, 15) is 0 Å². The van der Waals surface area contributed by atoms with Crippen LogP contribution in [0.5, 0.6) is 0 Å². The van der Waals surface area contributed by atoms with Gasteiger partial charge in [-0.15, -0.1) is 0 Å². The second-order valence-corrected chi connectivity index (χ2v) is 3.96. The Bertz CT molecular complexity index is 98.1. The average molecular weight is 172 g/mol. The van der Waals surface area contributed by atoms with Crippen LogP contribution in [0.1, 0.15) is 33.1 Å². The Morgan fingerprint density at radius 1 is 1.17 bits per heavy atom. The molecule has 0 aromatic rings. The summed E-state index contributed by atoms with van der Waals surface area (Å²) in [6.45, 7) is 6.46. The SMILES string of the molecule is CCC(CC)(CN)CCN(C)C. The van der Waals surface area contributed by atoms with Gasteiger partial charge in [0, 0.05) is 0 Å². The molecule has 0 fully saturated rings. The molecule has 0 saturated heterocycles. The molecule has 2 N–H and O–H groups in total. The Morgan fingerprint density at radius 3 is 1.92 bits per heavy atom. The van der Waals surface area contributed by atoms with Gasteiger partial charge in [-0.2, -0.15) is 0 Å². The van der Waals surface area contributed by atoms with Crippen LogP contribution in [0.15, 0.2) is 0 Å². The standard InChI is InChI=1S/C10H24N2/c1-5-10(6-2,9-11)7-8-12(3)4/h5-9,11H2,1-4H3. The van der Waals surface area contributed by atoms with Gasteiger partial charge in [-0.05, 0) is 51.9 Å². The smallest absolute Gasteiger partial charge is 0.00191 e. The molecule has 0 bridgehead atoms. The molecule has 12 heavy (non-hydrogen) atoms. The van der Waals surface area contributed by atoms with E-state index in [0.717, 1.165) is 13.1 Å². The van der Waals surface area contributed by atoms with Gasteiger partial charge in [0.2, 0.25) is 0 Å². The second-order valence-electron chi connectivity index (χ2n) is 3.96. The van der Waals surface area contributed by atoms with Gasteiger partial charge in [-0.3, -0.25) is 0 Å². The summed E-state index contributed by atoms with van der Waals surface area (Å²) in [6.07, 6.45) is 3.63. The van der Waals surface area contributed by atoms with Crippen molar-refractivity contribution in [3.8, 4) is 0 Å². The molecule has 2 nitrogen and oxygen atoms in total. The fourth-order valence-electron chi connectivity index (χ4n) is 1.46. The van der Waals surface area contributed by atoms with Gasteiger partial charge in [0.05, 0.1) is 0 Å². The van der Waals surface area contributed by atoms with Crippen molar-refractivity contribution in [3.05, 3.63) is 0 Å². The second kappa shape index (κ2) is 5.55. The van der Waals surface area contributed by atoms with Crippen LogP contribution in [0.4, 0.5) is 0 Å². The fourth-order valence-corrected chi connectivity index (χ4v) is 1.46. The van der Waals surface area contributed by atoms with Crippen molar-refractivity contribution >= 4 is 0 Å². The lowest BCUT2D eigenvalue weighted by Crippen LogP contribution is -2.32. The molecule has 0 aliphatic rings. The van der Waals surface area contributed by atoms with Crippen LogP contribution in [0.3, 0.4) is 0 Å². The van der Waals surface area contributed by atoms with Gasteiger partial charge < -0.3 is 10.6 Å². The lowest BCUT2D eigenvalue weighted by molar-refractivity contribution is 0.217. The van der Waals surface area contributed by atoms with Crippen LogP contribution in [-0.4, -0.2) is 32.1 Å². The number of nitrogens with two attached hydrogens (primary N) is 1. The highest BCUT2D eigenvalue weighted by Gasteiger charge is 2.23. The molecular formula is C10H24N2. The maximum atomic E-state index is 5.80. The third-order valence-electron chi connectivity index (χ3n) is 3.02. The van der Waals surface area contributed by atoms with E-state index in [1.165, 1.54) is 19.3 Å². The molecule has 0 saturated carbocycles. The summed E-state index contributed by atoms with van der Waals surface area (Å²) in [6, 6.07) is 0. The van der Waals surface area contributed by atoms with E-state index in [1.54, 1.807) is 0 Å². The monoisotopic (exact) mass is 172 g/mol. The Labute approximate surface area is 77.1 Å². The Morgan fingerprint density at radius 2 is 1.67 bits per heavy atom. The van der Waals surface area contributed by atoms with Crippen molar-refractivity contribution in [1.29, 1.82) is 0 Å². The first-order valence-corrected chi connectivity index (χ1v) is 4.95. The van der Waals surface area contributed by atoms with E-state index in [1.807, 2.05) is 0 Å². The van der Waals surface area contributed by atoms with Gasteiger partial charge in [-0.25, -0.2) is 0 Å². The molecule has 0 aromatic carbocycles. The topological polar surface area (TPSA) is 29.3 Å². The fraction of sp³-hybridized carbons (Fsp3) is 1.00. The molecule has 0 rings (SSSR count). The number of rotatable bonds is 6. The zero-order valence-electron chi connectivity index (χ0n) is 9.06. The zero-order chi connectivity index (χ0) is 9.61. The lowest BCUT2D eigenvalue weighted by Gasteiger charge is -2.31. The van der Waals surface area contributed by atoms with Crippen LogP contribution >= 0.6 is 0 Å². The highest BCUT2D eigenvalue weighted by molar-refractivity contribution is 4.78. The Kier molecular flexibility index (Phi) is 5.51. The molecule has 74 valence electrons. The summed E-state index contributed by atoms with van der Waals surface area (Å²) in [4.78, 5) is 2.23. The maximum Gasteiger partial charge on any atom is -0.00191 e. The minimum Gasteiger partial charge on any atom is -0.330 e. The van der Waals surface area contributed by atoms with Gasteiger partial charge >= 0.3 is 0 Å². The minimum atomic E-state index is 0.393.